The Morgan fingerprint density at radius 2 is 1.95 bits per heavy atom. The normalized spacial score (nSPS) is 10.2. The van der Waals surface area contributed by atoms with Gasteiger partial charge in [-0.25, -0.2) is 9.18 Å². The number of ether oxygens (including phenoxy) is 1. The topological polar surface area (TPSA) is 46.5 Å². The Labute approximate surface area is 114 Å². The van der Waals surface area contributed by atoms with Crippen molar-refractivity contribution >= 4 is 17.6 Å². The molecule has 2 aromatic carbocycles. The summed E-state index contributed by atoms with van der Waals surface area (Å²) in [7, 11) is 0. The zero-order chi connectivity index (χ0) is 13.8. The molecule has 0 unspecified atom stereocenters. The lowest BCUT2D eigenvalue weighted by Crippen LogP contribution is -2.04. The van der Waals surface area contributed by atoms with E-state index < -0.39 is 11.8 Å². The van der Waals surface area contributed by atoms with Gasteiger partial charge in [0, 0.05) is 5.56 Å². The Kier molecular flexibility index (Phi) is 4.02. The standard InChI is InChI=1S/C14H10ClFO3/c15-11-6-3-4-9(13(11)16)8-19-12-7-2-1-5-10(12)14(17)18/h1-7H,8H2,(H,17,18). The summed E-state index contributed by atoms with van der Waals surface area (Å²) in [6, 6.07) is 10.8. The summed E-state index contributed by atoms with van der Waals surface area (Å²) in [6.45, 7) is -0.0866. The molecule has 98 valence electrons. The molecule has 1 N–H and O–H groups in total. The largest absolute Gasteiger partial charge is 0.488 e. The molecule has 0 fully saturated rings. The van der Waals surface area contributed by atoms with Crippen molar-refractivity contribution in [2.24, 2.45) is 0 Å². The summed E-state index contributed by atoms with van der Waals surface area (Å²) in [5.41, 5.74) is 0.303. The van der Waals surface area contributed by atoms with E-state index in [1.165, 1.54) is 24.3 Å². The molecule has 19 heavy (non-hydrogen) atoms. The molecule has 5 heteroatoms. The molecule has 0 radical (unpaired) electrons. The molecule has 0 aliphatic heterocycles. The average Bonchev–Trinajstić information content (AvgIpc) is 2.40. The number of carboxylic acids is 1. The first-order chi connectivity index (χ1) is 9.09. The van der Waals surface area contributed by atoms with Gasteiger partial charge in [0.25, 0.3) is 0 Å². The van der Waals surface area contributed by atoms with Gasteiger partial charge < -0.3 is 9.84 Å². The summed E-state index contributed by atoms with van der Waals surface area (Å²) in [5, 5.41) is 8.99. The fourth-order valence-electron chi connectivity index (χ4n) is 1.58. The molecule has 0 aliphatic carbocycles. The van der Waals surface area contributed by atoms with Gasteiger partial charge in [0.2, 0.25) is 0 Å². The lowest BCUT2D eigenvalue weighted by Gasteiger charge is -2.10. The van der Waals surface area contributed by atoms with Crippen molar-refractivity contribution in [2.75, 3.05) is 0 Å². The van der Waals surface area contributed by atoms with Crippen LogP contribution in [0.5, 0.6) is 5.75 Å². The molecule has 0 aromatic heterocycles. The second-order valence-corrected chi connectivity index (χ2v) is 4.21. The minimum atomic E-state index is -1.10. The van der Waals surface area contributed by atoms with E-state index in [4.69, 9.17) is 21.4 Å². The summed E-state index contributed by atoms with van der Waals surface area (Å²) in [4.78, 5) is 11.0. The lowest BCUT2D eigenvalue weighted by atomic mass is 10.2. The first kappa shape index (κ1) is 13.4. The van der Waals surface area contributed by atoms with Crippen LogP contribution in [-0.2, 0) is 6.61 Å². The second-order valence-electron chi connectivity index (χ2n) is 3.80. The number of hydrogen-bond donors (Lipinski definition) is 1. The number of hydrogen-bond acceptors (Lipinski definition) is 2. The molecule has 0 saturated heterocycles. The Hall–Kier alpha value is -2.07. The van der Waals surface area contributed by atoms with Crippen molar-refractivity contribution < 1.29 is 19.0 Å². The van der Waals surface area contributed by atoms with Crippen LogP contribution >= 0.6 is 11.6 Å². The fourth-order valence-corrected chi connectivity index (χ4v) is 1.78. The quantitative estimate of drug-likeness (QED) is 0.927. The summed E-state index contributed by atoms with van der Waals surface area (Å²) < 4.78 is 19.0. The van der Waals surface area contributed by atoms with E-state index in [2.05, 4.69) is 0 Å². The van der Waals surface area contributed by atoms with E-state index in [0.717, 1.165) is 0 Å². The Morgan fingerprint density at radius 3 is 2.68 bits per heavy atom. The summed E-state index contributed by atoms with van der Waals surface area (Å²) in [6.07, 6.45) is 0. The van der Waals surface area contributed by atoms with Crippen LogP contribution < -0.4 is 4.74 Å². The predicted molar refractivity (Wildman–Crippen MR) is 69.1 cm³/mol. The zero-order valence-electron chi connectivity index (χ0n) is 9.77. The molecule has 3 nitrogen and oxygen atoms in total. The van der Waals surface area contributed by atoms with Crippen molar-refractivity contribution in [1.82, 2.24) is 0 Å². The molecular formula is C14H10ClFO3. The minimum absolute atomic E-state index is 0.00706. The van der Waals surface area contributed by atoms with E-state index >= 15 is 0 Å². The number of rotatable bonds is 4. The van der Waals surface area contributed by atoms with Crippen molar-refractivity contribution in [3.05, 3.63) is 64.4 Å². The number of carboxylic acid groups (broad SMARTS) is 1. The third kappa shape index (κ3) is 3.03. The Morgan fingerprint density at radius 1 is 1.21 bits per heavy atom. The highest BCUT2D eigenvalue weighted by Crippen LogP contribution is 2.22. The zero-order valence-corrected chi connectivity index (χ0v) is 10.5. The van der Waals surface area contributed by atoms with Crippen molar-refractivity contribution in [2.45, 2.75) is 6.61 Å². The van der Waals surface area contributed by atoms with E-state index in [0.29, 0.717) is 0 Å². The molecule has 0 amide bonds. The van der Waals surface area contributed by atoms with Gasteiger partial charge in [0.05, 0.1) is 5.02 Å². The Bertz CT molecular complexity index is 613. The van der Waals surface area contributed by atoms with Gasteiger partial charge in [-0.3, -0.25) is 0 Å². The summed E-state index contributed by atoms with van der Waals surface area (Å²) >= 11 is 5.65. The molecule has 0 saturated carbocycles. The first-order valence-electron chi connectivity index (χ1n) is 5.47. The van der Waals surface area contributed by atoms with Crippen LogP contribution in [0.1, 0.15) is 15.9 Å². The monoisotopic (exact) mass is 280 g/mol. The lowest BCUT2D eigenvalue weighted by molar-refractivity contribution is 0.0691. The number of benzene rings is 2. The van der Waals surface area contributed by atoms with Crippen LogP contribution in [0.25, 0.3) is 0 Å². The van der Waals surface area contributed by atoms with Gasteiger partial charge in [0.1, 0.15) is 23.7 Å². The van der Waals surface area contributed by atoms with Crippen LogP contribution in [0.2, 0.25) is 5.02 Å². The average molecular weight is 281 g/mol. The number of halogens is 2. The van der Waals surface area contributed by atoms with Gasteiger partial charge in [-0.05, 0) is 18.2 Å². The van der Waals surface area contributed by atoms with Crippen LogP contribution in [0.15, 0.2) is 42.5 Å². The molecule has 0 atom stereocenters. The fraction of sp³-hybridized carbons (Fsp3) is 0.0714. The SMILES string of the molecule is O=C(O)c1ccccc1OCc1cccc(Cl)c1F. The van der Waals surface area contributed by atoms with Gasteiger partial charge in [-0.15, -0.1) is 0 Å². The molecule has 2 aromatic rings. The summed E-state index contributed by atoms with van der Waals surface area (Å²) in [5.74, 6) is -1.46. The van der Waals surface area contributed by atoms with Crippen LogP contribution in [0.4, 0.5) is 4.39 Å². The number of para-hydroxylation sites is 1. The molecule has 0 bridgehead atoms. The maximum absolute atomic E-state index is 13.6. The van der Waals surface area contributed by atoms with Crippen molar-refractivity contribution in [3.63, 3.8) is 0 Å². The maximum atomic E-state index is 13.6. The van der Waals surface area contributed by atoms with E-state index in [-0.39, 0.29) is 28.5 Å². The van der Waals surface area contributed by atoms with Gasteiger partial charge >= 0.3 is 5.97 Å². The molecule has 0 heterocycles. The number of carbonyl (C=O) groups is 1. The van der Waals surface area contributed by atoms with E-state index in [1.807, 2.05) is 0 Å². The molecule has 0 spiro atoms. The highest BCUT2D eigenvalue weighted by Gasteiger charge is 2.12. The van der Waals surface area contributed by atoms with Gasteiger partial charge in [-0.2, -0.15) is 0 Å². The van der Waals surface area contributed by atoms with Crippen LogP contribution in [-0.4, -0.2) is 11.1 Å². The highest BCUT2D eigenvalue weighted by atomic mass is 35.5. The van der Waals surface area contributed by atoms with Crippen molar-refractivity contribution in [3.8, 4) is 5.75 Å². The van der Waals surface area contributed by atoms with Gasteiger partial charge in [0.15, 0.2) is 0 Å². The van der Waals surface area contributed by atoms with E-state index in [1.54, 1.807) is 18.2 Å². The third-order valence-corrected chi connectivity index (χ3v) is 2.82. The highest BCUT2D eigenvalue weighted by molar-refractivity contribution is 6.30. The predicted octanol–water partition coefficient (Wildman–Crippen LogP) is 3.76. The maximum Gasteiger partial charge on any atom is 0.339 e. The van der Waals surface area contributed by atoms with Crippen molar-refractivity contribution in [1.29, 1.82) is 0 Å². The smallest absolute Gasteiger partial charge is 0.339 e. The molecule has 0 aliphatic rings. The molecule has 2 rings (SSSR count). The number of aromatic carboxylic acids is 1. The van der Waals surface area contributed by atoms with Crippen LogP contribution in [0.3, 0.4) is 0 Å². The van der Waals surface area contributed by atoms with Crippen LogP contribution in [0, 0.1) is 5.82 Å². The Balaban J connectivity index is 2.19. The third-order valence-electron chi connectivity index (χ3n) is 2.53. The van der Waals surface area contributed by atoms with E-state index in [9.17, 15) is 9.18 Å². The van der Waals surface area contributed by atoms with Gasteiger partial charge in [-0.1, -0.05) is 35.9 Å². The molecular weight excluding hydrogens is 271 g/mol. The second kappa shape index (κ2) is 5.71. The minimum Gasteiger partial charge on any atom is -0.488 e. The first-order valence-corrected chi connectivity index (χ1v) is 5.85.